The van der Waals surface area contributed by atoms with Gasteiger partial charge in [-0.25, -0.2) is 0 Å². The quantitative estimate of drug-likeness (QED) is 0.902. The van der Waals surface area contributed by atoms with Crippen LogP contribution in [0.1, 0.15) is 38.5 Å². The van der Waals surface area contributed by atoms with E-state index in [1.165, 1.54) is 0 Å². The van der Waals surface area contributed by atoms with Crippen LogP contribution >= 0.6 is 0 Å². The lowest BCUT2D eigenvalue weighted by molar-refractivity contribution is -0.132. The second-order valence-electron chi connectivity index (χ2n) is 6.74. The first-order chi connectivity index (χ1) is 11.7. The van der Waals surface area contributed by atoms with Crippen molar-refractivity contribution >= 4 is 11.6 Å². The van der Waals surface area contributed by atoms with Gasteiger partial charge in [-0.3, -0.25) is 4.79 Å². The Morgan fingerprint density at radius 3 is 2.92 bits per heavy atom. The summed E-state index contributed by atoms with van der Waals surface area (Å²) in [5.41, 5.74) is 0.990. The maximum Gasteiger partial charge on any atom is 0.260 e. The minimum atomic E-state index is 0.0648. The van der Waals surface area contributed by atoms with Crippen LogP contribution in [0.3, 0.4) is 0 Å². The molecule has 0 aromatic heterocycles. The first-order valence-corrected chi connectivity index (χ1v) is 8.91. The van der Waals surface area contributed by atoms with Crippen molar-refractivity contribution in [1.82, 2.24) is 4.90 Å². The average molecular weight is 327 g/mol. The Balaban J connectivity index is 1.52. The summed E-state index contributed by atoms with van der Waals surface area (Å²) in [6.07, 6.45) is 6.28. The number of hydrogen-bond donors (Lipinski definition) is 1. The number of likely N-dealkylation sites (tertiary alicyclic amines) is 1. The number of carbonyl (C=O) groups excluding carboxylic acids is 1. The van der Waals surface area contributed by atoms with Crippen LogP contribution in [0.15, 0.2) is 24.3 Å². The molecule has 0 bridgehead atoms. The van der Waals surface area contributed by atoms with Gasteiger partial charge in [-0.1, -0.05) is 12.5 Å². The molecule has 0 unspecified atom stereocenters. The number of benzene rings is 1. The van der Waals surface area contributed by atoms with E-state index < -0.39 is 0 Å². The van der Waals surface area contributed by atoms with E-state index in [2.05, 4.69) is 11.4 Å². The van der Waals surface area contributed by atoms with E-state index in [-0.39, 0.29) is 18.4 Å². The topological polar surface area (TPSA) is 65.4 Å². The fourth-order valence-electron chi connectivity index (χ4n) is 3.55. The number of anilines is 1. The van der Waals surface area contributed by atoms with E-state index in [1.54, 1.807) is 0 Å². The number of nitrogens with one attached hydrogen (secondary N) is 1. The Morgan fingerprint density at radius 2 is 2.12 bits per heavy atom. The third-order valence-electron chi connectivity index (χ3n) is 4.88. The van der Waals surface area contributed by atoms with Crippen LogP contribution in [0.4, 0.5) is 5.69 Å². The molecule has 1 aromatic rings. The van der Waals surface area contributed by atoms with Gasteiger partial charge in [-0.15, -0.1) is 0 Å². The molecule has 5 nitrogen and oxygen atoms in total. The molecule has 1 amide bonds. The van der Waals surface area contributed by atoms with Crippen molar-refractivity contribution in [3.05, 3.63) is 24.3 Å². The Labute approximate surface area is 143 Å². The van der Waals surface area contributed by atoms with E-state index in [0.717, 1.165) is 57.3 Å². The van der Waals surface area contributed by atoms with Crippen LogP contribution in [0.25, 0.3) is 0 Å². The second kappa shape index (κ2) is 8.05. The molecule has 5 heteroatoms. The van der Waals surface area contributed by atoms with Crippen molar-refractivity contribution in [2.24, 2.45) is 5.92 Å². The van der Waals surface area contributed by atoms with Gasteiger partial charge in [-0.05, 0) is 44.2 Å². The molecule has 1 aromatic carbocycles. The smallest absolute Gasteiger partial charge is 0.260 e. The van der Waals surface area contributed by atoms with Crippen LogP contribution in [-0.2, 0) is 4.79 Å². The van der Waals surface area contributed by atoms with Crippen LogP contribution in [0, 0.1) is 17.2 Å². The number of nitrogens with zero attached hydrogens (tertiary/aromatic N) is 2. The lowest BCUT2D eigenvalue weighted by Crippen LogP contribution is -2.32. The number of rotatable bonds is 5. The Kier molecular flexibility index (Phi) is 5.58. The Bertz CT molecular complexity index is 605. The van der Waals surface area contributed by atoms with E-state index >= 15 is 0 Å². The number of ether oxygens (including phenoxy) is 1. The summed E-state index contributed by atoms with van der Waals surface area (Å²) in [5, 5.41) is 12.6. The lowest BCUT2D eigenvalue weighted by Gasteiger charge is -2.27. The zero-order valence-corrected chi connectivity index (χ0v) is 14.0. The summed E-state index contributed by atoms with van der Waals surface area (Å²) in [6.45, 7) is 1.81. The molecule has 1 aliphatic heterocycles. The van der Waals surface area contributed by atoms with Crippen molar-refractivity contribution in [2.45, 2.75) is 44.6 Å². The predicted octanol–water partition coefficient (Wildman–Crippen LogP) is 3.18. The molecule has 2 fully saturated rings. The lowest BCUT2D eigenvalue weighted by atomic mass is 9.86. The molecule has 128 valence electrons. The number of amides is 1. The molecule has 0 spiro atoms. The van der Waals surface area contributed by atoms with Gasteiger partial charge in [0.2, 0.25) is 0 Å². The highest BCUT2D eigenvalue weighted by Crippen LogP contribution is 2.27. The number of hydrogen-bond acceptors (Lipinski definition) is 4. The van der Waals surface area contributed by atoms with E-state index in [4.69, 9.17) is 10.00 Å². The zero-order valence-electron chi connectivity index (χ0n) is 14.0. The van der Waals surface area contributed by atoms with Crippen molar-refractivity contribution in [3.8, 4) is 11.8 Å². The summed E-state index contributed by atoms with van der Waals surface area (Å²) in [7, 11) is 0. The molecular formula is C19H25N3O2. The average Bonchev–Trinajstić information content (AvgIpc) is 3.15. The molecule has 0 radical (unpaired) electrons. The van der Waals surface area contributed by atoms with E-state index in [9.17, 15) is 4.79 Å². The molecule has 1 heterocycles. The summed E-state index contributed by atoms with van der Waals surface area (Å²) >= 11 is 0. The summed E-state index contributed by atoms with van der Waals surface area (Å²) < 4.78 is 5.67. The Morgan fingerprint density at radius 1 is 1.29 bits per heavy atom. The molecule has 1 aliphatic carbocycles. The fourth-order valence-corrected chi connectivity index (χ4v) is 3.55. The van der Waals surface area contributed by atoms with Crippen LogP contribution in [0.5, 0.6) is 5.75 Å². The predicted molar refractivity (Wildman–Crippen MR) is 92.7 cm³/mol. The van der Waals surface area contributed by atoms with Gasteiger partial charge in [0.05, 0.1) is 6.07 Å². The highest BCUT2D eigenvalue weighted by molar-refractivity contribution is 5.78. The van der Waals surface area contributed by atoms with Crippen molar-refractivity contribution < 1.29 is 9.53 Å². The largest absolute Gasteiger partial charge is 0.484 e. The highest BCUT2D eigenvalue weighted by Gasteiger charge is 2.22. The molecule has 1 N–H and O–H groups in total. The number of carbonyl (C=O) groups is 1. The van der Waals surface area contributed by atoms with Gasteiger partial charge in [0.25, 0.3) is 5.91 Å². The summed E-state index contributed by atoms with van der Waals surface area (Å²) in [6, 6.07) is 10.5. The minimum absolute atomic E-state index is 0.0648. The van der Waals surface area contributed by atoms with Gasteiger partial charge in [0, 0.05) is 36.8 Å². The van der Waals surface area contributed by atoms with Gasteiger partial charge in [0.15, 0.2) is 6.61 Å². The SMILES string of the molecule is N#C[C@H]1CCC[C@H](Nc2cccc(OCC(=O)N3CCCC3)c2)C1. The fraction of sp³-hybridized carbons (Fsp3) is 0.579. The van der Waals surface area contributed by atoms with Gasteiger partial charge >= 0.3 is 0 Å². The Hall–Kier alpha value is -2.22. The standard InChI is InChI=1S/C19H25N3O2/c20-13-15-5-3-6-16(11-15)21-17-7-4-8-18(12-17)24-14-19(23)22-9-1-2-10-22/h4,7-8,12,15-16,21H,1-3,5-6,9-11,14H2/t15-,16-/m0/s1. The monoisotopic (exact) mass is 327 g/mol. The first-order valence-electron chi connectivity index (χ1n) is 8.91. The molecule has 24 heavy (non-hydrogen) atoms. The minimum Gasteiger partial charge on any atom is -0.484 e. The first kappa shape index (κ1) is 16.6. The van der Waals surface area contributed by atoms with Crippen molar-refractivity contribution in [1.29, 1.82) is 5.26 Å². The number of nitriles is 1. The summed E-state index contributed by atoms with van der Waals surface area (Å²) in [5.74, 6) is 0.934. The summed E-state index contributed by atoms with van der Waals surface area (Å²) in [4.78, 5) is 13.9. The maximum absolute atomic E-state index is 12.0. The molecular weight excluding hydrogens is 302 g/mol. The third-order valence-corrected chi connectivity index (χ3v) is 4.88. The van der Waals surface area contributed by atoms with E-state index in [0.29, 0.717) is 11.8 Å². The van der Waals surface area contributed by atoms with Gasteiger partial charge < -0.3 is 15.0 Å². The van der Waals surface area contributed by atoms with Gasteiger partial charge in [-0.2, -0.15) is 5.26 Å². The normalized spacial score (nSPS) is 23.5. The van der Waals surface area contributed by atoms with Crippen molar-refractivity contribution in [2.75, 3.05) is 25.0 Å². The third kappa shape index (κ3) is 4.41. The van der Waals surface area contributed by atoms with Crippen LogP contribution < -0.4 is 10.1 Å². The molecule has 3 rings (SSSR count). The van der Waals surface area contributed by atoms with E-state index in [1.807, 2.05) is 29.2 Å². The highest BCUT2D eigenvalue weighted by atomic mass is 16.5. The molecule has 1 saturated heterocycles. The van der Waals surface area contributed by atoms with Crippen LogP contribution in [0.2, 0.25) is 0 Å². The zero-order chi connectivity index (χ0) is 16.8. The second-order valence-corrected chi connectivity index (χ2v) is 6.74. The van der Waals surface area contributed by atoms with Crippen molar-refractivity contribution in [3.63, 3.8) is 0 Å². The van der Waals surface area contributed by atoms with Crippen LogP contribution in [-0.4, -0.2) is 36.5 Å². The molecule has 1 saturated carbocycles. The molecule has 2 aliphatic rings. The van der Waals surface area contributed by atoms with Gasteiger partial charge in [0.1, 0.15) is 5.75 Å². The molecule has 2 atom stereocenters. The maximum atomic E-state index is 12.0.